The van der Waals surface area contributed by atoms with Crippen LogP contribution in [0.5, 0.6) is 0 Å². The zero-order chi connectivity index (χ0) is 17.9. The van der Waals surface area contributed by atoms with Crippen LogP contribution in [0.3, 0.4) is 0 Å². The fraction of sp³-hybridized carbons (Fsp3) is 0.652. The van der Waals surface area contributed by atoms with E-state index in [0.29, 0.717) is 0 Å². The Morgan fingerprint density at radius 3 is 1.48 bits per heavy atom. The molecule has 0 saturated heterocycles. The van der Waals surface area contributed by atoms with Crippen molar-refractivity contribution in [2.45, 2.75) is 100 Å². The average molecular weight is 329 g/mol. The zero-order valence-corrected chi connectivity index (χ0v) is 16.0. The Morgan fingerprint density at radius 2 is 1.30 bits per heavy atom. The van der Waals surface area contributed by atoms with E-state index >= 15 is 0 Å². The van der Waals surface area contributed by atoms with E-state index in [4.69, 9.17) is 6.42 Å². The molecule has 0 aromatic heterocycles. The van der Waals surface area contributed by atoms with Crippen molar-refractivity contribution in [3.63, 3.8) is 0 Å². The van der Waals surface area contributed by atoms with E-state index in [2.05, 4.69) is 70.8 Å². The highest BCUT2D eigenvalue weighted by Gasteiger charge is 1.71. The molecule has 0 fully saturated rings. The molecule has 0 saturated carbocycles. The molecule has 0 nitrogen and oxygen atoms in total. The van der Waals surface area contributed by atoms with Crippen molar-refractivity contribution in [1.29, 1.82) is 0 Å². The van der Waals surface area contributed by atoms with Gasteiger partial charge in [-0.15, -0.1) is 13.0 Å². The standard InChI is InChI=1S/C7H4.C6H12.C5H12.C4H10.CH4.5H2/c1-3-5-7-6-4-2;1-3-5-6-4-2;1-3-5-4-2;1-3-4-2;;;;;;/h1H,2H3;3H,1,4-6H2,2H3;3-5H2,1-2H3;3-4H2,1-2H3;1H4;5*1H. The van der Waals surface area contributed by atoms with Gasteiger partial charge >= 0.3 is 0 Å². The summed E-state index contributed by atoms with van der Waals surface area (Å²) in [6.45, 7) is 16.3. The second-order valence-corrected chi connectivity index (χ2v) is 4.55. The molecule has 0 aliphatic carbocycles. The number of rotatable bonds is 6. The van der Waals surface area contributed by atoms with E-state index in [-0.39, 0.29) is 14.6 Å². The predicted octanol–water partition coefficient (Wildman–Crippen LogP) is 8.88. The van der Waals surface area contributed by atoms with Gasteiger partial charge in [-0.2, -0.15) is 0 Å². The van der Waals surface area contributed by atoms with E-state index in [9.17, 15) is 0 Å². The van der Waals surface area contributed by atoms with Crippen LogP contribution >= 0.6 is 0 Å². The molecule has 23 heavy (non-hydrogen) atoms. The van der Waals surface area contributed by atoms with Gasteiger partial charge in [0.05, 0.1) is 0 Å². The fourth-order valence-electron chi connectivity index (χ4n) is 0.832. The van der Waals surface area contributed by atoms with Crippen LogP contribution in [-0.4, -0.2) is 0 Å². The smallest absolute Gasteiger partial charge is 0 e. The average Bonchev–Trinajstić information content (AvgIpc) is 2.55. The van der Waals surface area contributed by atoms with Crippen molar-refractivity contribution in [3.8, 4) is 36.0 Å². The molecule has 0 radical (unpaired) electrons. The van der Waals surface area contributed by atoms with Gasteiger partial charge < -0.3 is 0 Å². The van der Waals surface area contributed by atoms with Crippen LogP contribution in [0.1, 0.15) is 107 Å². The second kappa shape index (κ2) is 49.9. The summed E-state index contributed by atoms with van der Waals surface area (Å²) in [7, 11) is 0. The number of allylic oxidation sites excluding steroid dienone is 1. The number of hydrogen-bond donors (Lipinski definition) is 0. The highest BCUT2D eigenvalue weighted by Crippen LogP contribution is 1.91. The summed E-state index contributed by atoms with van der Waals surface area (Å²) in [5.74, 6) is 12.0. The van der Waals surface area contributed by atoms with Crippen LogP contribution in [0.15, 0.2) is 12.7 Å². The molecule has 0 N–H and O–H groups in total. The lowest BCUT2D eigenvalue weighted by molar-refractivity contribution is 0.772. The van der Waals surface area contributed by atoms with E-state index < -0.39 is 0 Å². The first-order valence-corrected chi connectivity index (χ1v) is 8.64. The van der Waals surface area contributed by atoms with Crippen molar-refractivity contribution in [2.24, 2.45) is 0 Å². The monoisotopic (exact) mass is 328 g/mol. The minimum absolute atomic E-state index is 0. The third-order valence-corrected chi connectivity index (χ3v) is 2.29. The summed E-state index contributed by atoms with van der Waals surface area (Å²) in [6.07, 6.45) is 17.2. The molecule has 0 aliphatic heterocycles. The lowest BCUT2D eigenvalue weighted by Crippen LogP contribution is -1.61. The maximum absolute atomic E-state index is 4.78. The topological polar surface area (TPSA) is 0 Å². The molecule has 0 aromatic carbocycles. The van der Waals surface area contributed by atoms with Crippen LogP contribution in [-0.2, 0) is 0 Å². The molecule has 0 atom stereocenters. The van der Waals surface area contributed by atoms with Gasteiger partial charge in [0.25, 0.3) is 0 Å². The van der Waals surface area contributed by atoms with Gasteiger partial charge in [-0.05, 0) is 37.0 Å². The molecule has 0 aliphatic rings. The van der Waals surface area contributed by atoms with Gasteiger partial charge in [0.2, 0.25) is 0 Å². The summed E-state index contributed by atoms with van der Waals surface area (Å²) in [6, 6.07) is 0. The molecule has 0 amide bonds. The predicted molar refractivity (Wildman–Crippen MR) is 123 cm³/mol. The number of terminal acetylenes is 1. The second-order valence-electron chi connectivity index (χ2n) is 4.55. The third-order valence-electron chi connectivity index (χ3n) is 2.29. The summed E-state index contributed by atoms with van der Waals surface area (Å²) in [4.78, 5) is 0. The van der Waals surface area contributed by atoms with Crippen LogP contribution < -0.4 is 0 Å². The first-order chi connectivity index (χ1) is 10.7. The van der Waals surface area contributed by atoms with Crippen molar-refractivity contribution >= 4 is 0 Å². The summed E-state index contributed by atoms with van der Waals surface area (Å²) < 4.78 is 0. The largest absolute Gasteiger partial charge is 0.106 e. The Morgan fingerprint density at radius 1 is 0.826 bits per heavy atom. The van der Waals surface area contributed by atoms with E-state index in [1.807, 2.05) is 6.08 Å². The Balaban J connectivity index is -0.0000000183. The molecule has 0 bridgehead atoms. The van der Waals surface area contributed by atoms with Crippen molar-refractivity contribution < 1.29 is 7.13 Å². The Labute approximate surface area is 157 Å². The normalized spacial score (nSPS) is 6.30. The van der Waals surface area contributed by atoms with Gasteiger partial charge in [0, 0.05) is 7.13 Å². The Kier molecular flexibility index (Phi) is 71.9. The van der Waals surface area contributed by atoms with Gasteiger partial charge in [-0.1, -0.05) is 99.0 Å². The summed E-state index contributed by atoms with van der Waals surface area (Å²) >= 11 is 0. The molecule has 0 rings (SSSR count). The maximum Gasteiger partial charge on any atom is 0 e. The van der Waals surface area contributed by atoms with Crippen LogP contribution in [0.25, 0.3) is 0 Å². The SMILES string of the molecule is C.C#CC#CC#CC.C=CCCCC.CCCC.CCCCC.[HH].[HH].[HH].[HH].[HH]. The van der Waals surface area contributed by atoms with Crippen LogP contribution in [0.2, 0.25) is 0 Å². The molecule has 0 heterocycles. The lowest BCUT2D eigenvalue weighted by atomic mass is 10.3. The van der Waals surface area contributed by atoms with Crippen molar-refractivity contribution in [1.82, 2.24) is 0 Å². The van der Waals surface area contributed by atoms with E-state index in [0.717, 1.165) is 0 Å². The van der Waals surface area contributed by atoms with Crippen molar-refractivity contribution in [2.75, 3.05) is 0 Å². The molecular weight excluding hydrogens is 276 g/mol. The first-order valence-electron chi connectivity index (χ1n) is 8.64. The van der Waals surface area contributed by atoms with Crippen LogP contribution in [0.4, 0.5) is 0 Å². The van der Waals surface area contributed by atoms with Gasteiger partial charge in [-0.3, -0.25) is 0 Å². The van der Waals surface area contributed by atoms with Gasteiger partial charge in [0.15, 0.2) is 0 Å². The minimum atomic E-state index is 0. The first kappa shape index (κ1) is 33.1. The fourth-order valence-corrected chi connectivity index (χ4v) is 0.832. The third kappa shape index (κ3) is 97.7. The maximum atomic E-state index is 4.78. The number of hydrogen-bond acceptors (Lipinski definition) is 0. The highest BCUT2D eigenvalue weighted by atomic mass is 13.8. The number of unbranched alkanes of at least 4 members (excludes halogenated alkanes) is 5. The molecular formula is C23H52. The highest BCUT2D eigenvalue weighted by molar-refractivity contribution is 5.33. The van der Waals surface area contributed by atoms with E-state index in [1.165, 1.54) is 51.4 Å². The van der Waals surface area contributed by atoms with Crippen LogP contribution in [0, 0.1) is 36.0 Å². The minimum Gasteiger partial charge on any atom is -0.106 e. The molecule has 0 spiro atoms. The van der Waals surface area contributed by atoms with E-state index in [1.54, 1.807) is 6.92 Å². The van der Waals surface area contributed by atoms with Crippen molar-refractivity contribution in [3.05, 3.63) is 12.7 Å². The van der Waals surface area contributed by atoms with Gasteiger partial charge in [-0.25, -0.2) is 0 Å². The molecule has 0 heteroatoms. The summed E-state index contributed by atoms with van der Waals surface area (Å²) in [5, 5.41) is 0. The lowest BCUT2D eigenvalue weighted by Gasteiger charge is -1.81. The summed E-state index contributed by atoms with van der Waals surface area (Å²) in [5.41, 5.74) is 0. The molecule has 144 valence electrons. The Hall–Kier alpha value is -1.58. The van der Waals surface area contributed by atoms with Gasteiger partial charge in [0.1, 0.15) is 0 Å². The zero-order valence-electron chi connectivity index (χ0n) is 16.0. The quantitative estimate of drug-likeness (QED) is 0.259. The molecule has 0 aromatic rings. The Bertz CT molecular complexity index is 334. The molecule has 0 unspecified atom stereocenters.